The van der Waals surface area contributed by atoms with Crippen molar-refractivity contribution in [2.24, 2.45) is 0 Å². The van der Waals surface area contributed by atoms with Crippen LogP contribution in [0, 0.1) is 0 Å². The van der Waals surface area contributed by atoms with E-state index in [0.717, 1.165) is 0 Å². The summed E-state index contributed by atoms with van der Waals surface area (Å²) in [7, 11) is 0. The molecule has 0 aromatic heterocycles. The maximum absolute atomic E-state index is 11.4. The van der Waals surface area contributed by atoms with Gasteiger partial charge in [-0.3, -0.25) is 4.79 Å². The molecule has 0 saturated carbocycles. The smallest absolute Gasteiger partial charge is 0.176 e. The monoisotopic (exact) mass is 243 g/mol. The summed E-state index contributed by atoms with van der Waals surface area (Å²) in [4.78, 5) is 11.2. The fourth-order valence-electron chi connectivity index (χ4n) is 0.937. The highest BCUT2D eigenvalue weighted by molar-refractivity contribution is 9.10. The molecule has 0 spiro atoms. The minimum absolute atomic E-state index is 0.00113. The predicted octanol–water partition coefficient (Wildman–Crippen LogP) is 1.94. The summed E-state index contributed by atoms with van der Waals surface area (Å²) in [6.07, 6.45) is 0. The Labute approximate surface area is 84.7 Å². The van der Waals surface area contributed by atoms with Gasteiger partial charge in [-0.15, -0.1) is 0 Å². The highest BCUT2D eigenvalue weighted by Crippen LogP contribution is 2.22. The van der Waals surface area contributed by atoms with E-state index in [9.17, 15) is 4.79 Å². The first-order chi connectivity index (χ1) is 6.02. The molecule has 3 N–H and O–H groups in total. The normalized spacial score (nSPS) is 12.5. The molecule has 1 aromatic carbocycles. The first-order valence-corrected chi connectivity index (χ1v) is 4.70. The maximum atomic E-state index is 11.4. The highest BCUT2D eigenvalue weighted by atomic mass is 79.9. The molecular weight excluding hydrogens is 234 g/mol. The Balaban J connectivity index is 3.04. The first kappa shape index (κ1) is 10.1. The maximum Gasteiger partial charge on any atom is 0.176 e. The van der Waals surface area contributed by atoms with Crippen LogP contribution in [0.4, 0.5) is 5.69 Å². The molecule has 3 nitrogen and oxygen atoms in total. The Morgan fingerprint density at radius 2 is 2.23 bits per heavy atom. The number of aromatic hydroxyl groups is 1. The lowest BCUT2D eigenvalue weighted by Crippen LogP contribution is -2.10. The molecule has 70 valence electrons. The van der Waals surface area contributed by atoms with Crippen molar-refractivity contribution < 1.29 is 9.90 Å². The van der Waals surface area contributed by atoms with Gasteiger partial charge >= 0.3 is 0 Å². The Morgan fingerprint density at radius 1 is 1.62 bits per heavy atom. The van der Waals surface area contributed by atoms with E-state index in [-0.39, 0.29) is 22.0 Å². The minimum Gasteiger partial charge on any atom is -0.506 e. The zero-order valence-electron chi connectivity index (χ0n) is 7.12. The molecule has 0 aliphatic heterocycles. The van der Waals surface area contributed by atoms with E-state index < -0.39 is 0 Å². The van der Waals surface area contributed by atoms with Crippen LogP contribution in [0.2, 0.25) is 0 Å². The Hall–Kier alpha value is -1.03. The number of anilines is 1. The van der Waals surface area contributed by atoms with Crippen LogP contribution in [0.3, 0.4) is 0 Å². The van der Waals surface area contributed by atoms with Crippen LogP contribution in [0.5, 0.6) is 5.75 Å². The summed E-state index contributed by atoms with van der Waals surface area (Å²) in [5.41, 5.74) is 6.16. The van der Waals surface area contributed by atoms with Gasteiger partial charge in [0.2, 0.25) is 0 Å². The van der Waals surface area contributed by atoms with Crippen LogP contribution in [-0.4, -0.2) is 15.7 Å². The number of benzene rings is 1. The molecule has 1 atom stereocenters. The average molecular weight is 244 g/mol. The van der Waals surface area contributed by atoms with E-state index in [1.165, 1.54) is 12.1 Å². The third kappa shape index (κ3) is 2.21. The molecule has 4 heteroatoms. The molecule has 0 saturated heterocycles. The molecule has 0 fully saturated rings. The van der Waals surface area contributed by atoms with Gasteiger partial charge in [0.05, 0.1) is 10.5 Å². The van der Waals surface area contributed by atoms with E-state index in [4.69, 9.17) is 10.8 Å². The van der Waals surface area contributed by atoms with Crippen LogP contribution < -0.4 is 5.73 Å². The second-order valence-corrected chi connectivity index (χ2v) is 4.13. The Bertz CT molecular complexity index is 336. The topological polar surface area (TPSA) is 63.3 Å². The number of nitrogen functional groups attached to an aromatic ring is 1. The van der Waals surface area contributed by atoms with Crippen molar-refractivity contribution in [3.63, 3.8) is 0 Å². The van der Waals surface area contributed by atoms with Crippen molar-refractivity contribution in [2.75, 3.05) is 5.73 Å². The highest BCUT2D eigenvalue weighted by Gasteiger charge is 2.12. The summed E-state index contributed by atoms with van der Waals surface area (Å²) >= 11 is 3.17. The molecule has 1 rings (SSSR count). The summed E-state index contributed by atoms with van der Waals surface area (Å²) < 4.78 is 0. The molecule has 0 heterocycles. The zero-order valence-corrected chi connectivity index (χ0v) is 8.71. The molecule has 0 aliphatic rings. The first-order valence-electron chi connectivity index (χ1n) is 3.79. The third-order valence-corrected chi connectivity index (χ3v) is 2.09. The van der Waals surface area contributed by atoms with E-state index in [0.29, 0.717) is 5.56 Å². The number of halogens is 1. The van der Waals surface area contributed by atoms with Gasteiger partial charge in [-0.05, 0) is 25.1 Å². The van der Waals surface area contributed by atoms with Gasteiger partial charge in [-0.1, -0.05) is 15.9 Å². The number of Topliss-reactive ketones (excluding diaryl/α,β-unsaturated/α-hetero) is 1. The standard InChI is InChI=1S/C9H10BrNO2/c1-5(10)9(13)6-2-3-8(12)7(11)4-6/h2-5,12H,11H2,1H3. The largest absolute Gasteiger partial charge is 0.506 e. The SMILES string of the molecule is CC(Br)C(=O)c1ccc(O)c(N)c1. The van der Waals surface area contributed by atoms with Gasteiger partial charge in [-0.2, -0.15) is 0 Å². The van der Waals surface area contributed by atoms with Crippen LogP contribution in [0.15, 0.2) is 18.2 Å². The lowest BCUT2D eigenvalue weighted by Gasteiger charge is -2.04. The molecule has 1 unspecified atom stereocenters. The van der Waals surface area contributed by atoms with Gasteiger partial charge in [0.25, 0.3) is 0 Å². The molecule has 1 aromatic rings. The van der Waals surface area contributed by atoms with Crippen LogP contribution in [0.1, 0.15) is 17.3 Å². The third-order valence-electron chi connectivity index (χ3n) is 1.67. The number of phenols is 1. The van der Waals surface area contributed by atoms with Crippen molar-refractivity contribution in [1.82, 2.24) is 0 Å². The summed E-state index contributed by atoms with van der Waals surface area (Å²) in [6.45, 7) is 1.74. The van der Waals surface area contributed by atoms with Crippen molar-refractivity contribution in [2.45, 2.75) is 11.8 Å². The second-order valence-electron chi connectivity index (χ2n) is 2.75. The van der Waals surface area contributed by atoms with E-state index in [2.05, 4.69) is 15.9 Å². The van der Waals surface area contributed by atoms with Gasteiger partial charge in [0, 0.05) is 5.56 Å². The molecule has 0 amide bonds. The number of hydrogen-bond donors (Lipinski definition) is 2. The quantitative estimate of drug-likeness (QED) is 0.361. The number of ketones is 1. The molecule has 13 heavy (non-hydrogen) atoms. The van der Waals surface area contributed by atoms with E-state index in [1.54, 1.807) is 13.0 Å². The van der Waals surface area contributed by atoms with Crippen molar-refractivity contribution in [3.05, 3.63) is 23.8 Å². The second kappa shape index (κ2) is 3.79. The van der Waals surface area contributed by atoms with Crippen molar-refractivity contribution in [3.8, 4) is 5.75 Å². The fraction of sp³-hybridized carbons (Fsp3) is 0.222. The number of alkyl halides is 1. The van der Waals surface area contributed by atoms with Crippen molar-refractivity contribution in [1.29, 1.82) is 0 Å². The van der Waals surface area contributed by atoms with Crippen LogP contribution in [0.25, 0.3) is 0 Å². The van der Waals surface area contributed by atoms with Gasteiger partial charge in [-0.25, -0.2) is 0 Å². The van der Waals surface area contributed by atoms with Gasteiger partial charge in [0.1, 0.15) is 5.75 Å². The lowest BCUT2D eigenvalue weighted by molar-refractivity contribution is 0.0996. The van der Waals surface area contributed by atoms with Crippen LogP contribution in [-0.2, 0) is 0 Å². The number of nitrogens with two attached hydrogens (primary N) is 1. The molecule has 0 bridgehead atoms. The summed E-state index contributed by atoms with van der Waals surface area (Å²) in [5.74, 6) is -0.0505. The van der Waals surface area contributed by atoms with Crippen LogP contribution >= 0.6 is 15.9 Å². The average Bonchev–Trinajstić information content (AvgIpc) is 2.08. The Morgan fingerprint density at radius 3 is 2.69 bits per heavy atom. The van der Waals surface area contributed by atoms with Gasteiger partial charge in [0.15, 0.2) is 5.78 Å². The zero-order chi connectivity index (χ0) is 10.0. The molecule has 0 radical (unpaired) electrons. The van der Waals surface area contributed by atoms with E-state index in [1.807, 2.05) is 0 Å². The number of phenolic OH excluding ortho intramolecular Hbond substituents is 1. The number of carbonyl (C=O) groups is 1. The minimum atomic E-state index is -0.239. The predicted molar refractivity (Wildman–Crippen MR) is 55.2 cm³/mol. The number of carbonyl (C=O) groups excluding carboxylic acids is 1. The van der Waals surface area contributed by atoms with Gasteiger partial charge < -0.3 is 10.8 Å². The summed E-state index contributed by atoms with van der Waals surface area (Å²) in [6, 6.07) is 4.43. The van der Waals surface area contributed by atoms with E-state index >= 15 is 0 Å². The summed E-state index contributed by atoms with van der Waals surface area (Å²) in [5, 5.41) is 9.12. The molecular formula is C9H10BrNO2. The number of hydrogen-bond acceptors (Lipinski definition) is 3. The lowest BCUT2D eigenvalue weighted by atomic mass is 10.1. The fourth-order valence-corrected chi connectivity index (χ4v) is 1.20. The molecule has 0 aliphatic carbocycles. The van der Waals surface area contributed by atoms with Crippen molar-refractivity contribution >= 4 is 27.4 Å². The number of rotatable bonds is 2. The Kier molecular flexibility index (Phi) is 2.93.